The van der Waals surface area contributed by atoms with Crippen LogP contribution < -0.4 is 4.74 Å². The fourth-order valence-electron chi connectivity index (χ4n) is 3.54. The van der Waals surface area contributed by atoms with Gasteiger partial charge in [-0.2, -0.15) is 0 Å². The molecule has 1 amide bonds. The van der Waals surface area contributed by atoms with E-state index in [9.17, 15) is 14.6 Å². The highest BCUT2D eigenvalue weighted by atomic mass is 35.5. The van der Waals surface area contributed by atoms with E-state index >= 15 is 0 Å². The van der Waals surface area contributed by atoms with Gasteiger partial charge in [0.15, 0.2) is 11.4 Å². The zero-order valence-corrected chi connectivity index (χ0v) is 17.6. The van der Waals surface area contributed by atoms with E-state index in [4.69, 9.17) is 27.9 Å². The molecule has 0 saturated carbocycles. The summed E-state index contributed by atoms with van der Waals surface area (Å²) in [4.78, 5) is 37.0. The van der Waals surface area contributed by atoms with Crippen molar-refractivity contribution in [2.24, 2.45) is 10.4 Å². The molecule has 0 aromatic heterocycles. The van der Waals surface area contributed by atoms with E-state index < -0.39 is 0 Å². The highest BCUT2D eigenvalue weighted by Crippen LogP contribution is 2.47. The Morgan fingerprint density at radius 1 is 0.871 bits per heavy atom. The van der Waals surface area contributed by atoms with Gasteiger partial charge in [-0.25, -0.2) is 0 Å². The predicted octanol–water partition coefficient (Wildman–Crippen LogP) is 6.78. The van der Waals surface area contributed by atoms with Crippen LogP contribution in [0.4, 0.5) is 11.4 Å². The normalized spacial score (nSPS) is 12.8. The lowest BCUT2D eigenvalue weighted by molar-refractivity contribution is 0.0734. The van der Waals surface area contributed by atoms with Crippen LogP contribution >= 0.6 is 23.2 Å². The van der Waals surface area contributed by atoms with Crippen LogP contribution in [0.2, 0.25) is 10.0 Å². The Labute approximate surface area is 187 Å². The van der Waals surface area contributed by atoms with Gasteiger partial charge in [0, 0.05) is 18.7 Å². The van der Waals surface area contributed by atoms with E-state index in [0.29, 0.717) is 41.2 Å². The minimum Gasteiger partial charge on any atom is -0.457 e. The average molecular weight is 456 g/mol. The highest BCUT2D eigenvalue weighted by Gasteiger charge is 2.30. The van der Waals surface area contributed by atoms with E-state index in [-0.39, 0.29) is 33.9 Å². The van der Waals surface area contributed by atoms with Crippen LogP contribution in [0.5, 0.6) is 11.5 Å². The molecule has 7 nitrogen and oxygen atoms in total. The first-order valence-electron chi connectivity index (χ1n) is 9.35. The summed E-state index contributed by atoms with van der Waals surface area (Å²) >= 11 is 12.6. The number of nitroso groups, excluding NO2 is 2. The zero-order chi connectivity index (χ0) is 22.0. The quantitative estimate of drug-likeness (QED) is 0.396. The number of para-hydroxylation sites is 1. The van der Waals surface area contributed by atoms with Gasteiger partial charge in [-0.3, -0.25) is 4.79 Å². The zero-order valence-electron chi connectivity index (χ0n) is 16.0. The first kappa shape index (κ1) is 21.0. The number of fused-ring (bicyclic) bond motifs is 1. The van der Waals surface area contributed by atoms with Gasteiger partial charge < -0.3 is 9.64 Å². The molecule has 3 aromatic carbocycles. The number of rotatable bonds is 5. The minimum absolute atomic E-state index is 0.0114. The maximum atomic E-state index is 13.1. The fraction of sp³-hybridized carbons (Fsp3) is 0.136. The van der Waals surface area contributed by atoms with E-state index in [2.05, 4.69) is 10.4 Å². The van der Waals surface area contributed by atoms with Gasteiger partial charge >= 0.3 is 0 Å². The van der Waals surface area contributed by atoms with Crippen LogP contribution in [-0.4, -0.2) is 17.4 Å². The second kappa shape index (κ2) is 8.83. The number of benzene rings is 3. The molecule has 3 aromatic rings. The summed E-state index contributed by atoms with van der Waals surface area (Å²) in [5, 5.41) is 5.65. The minimum atomic E-state index is -0.312. The Bertz CT molecular complexity index is 1190. The second-order valence-corrected chi connectivity index (χ2v) is 7.64. The number of amides is 1. The molecule has 0 atom stereocenters. The van der Waals surface area contributed by atoms with Crippen molar-refractivity contribution >= 4 is 40.5 Å². The third-order valence-corrected chi connectivity index (χ3v) is 5.86. The molecule has 9 heteroatoms. The monoisotopic (exact) mass is 455 g/mol. The number of halogens is 2. The molecule has 156 valence electrons. The molecule has 0 radical (unpaired) electrons. The Hall–Kier alpha value is -3.29. The van der Waals surface area contributed by atoms with Crippen LogP contribution in [0.25, 0.3) is 0 Å². The molecule has 0 aliphatic carbocycles. The number of carbonyl (C=O) groups excluding carboxylic acids is 1. The molecule has 31 heavy (non-hydrogen) atoms. The second-order valence-electron chi connectivity index (χ2n) is 6.88. The Morgan fingerprint density at radius 2 is 1.52 bits per heavy atom. The first-order valence-corrected chi connectivity index (χ1v) is 10.1. The van der Waals surface area contributed by atoms with Gasteiger partial charge in [-0.05, 0) is 58.2 Å². The molecule has 0 spiro atoms. The standard InChI is InChI=1S/C22H15Cl2N3O4/c23-18-16-9-10-27(12-17(16)19(24)21(26-30)20(18)25-29)22(28)13-5-4-8-15(11-13)31-14-6-2-1-3-7-14/h1-8,11H,9-10,12H2. The number of carbonyl (C=O) groups is 1. The molecular weight excluding hydrogens is 441 g/mol. The molecule has 4 rings (SSSR count). The maximum Gasteiger partial charge on any atom is 0.254 e. The Kier molecular flexibility index (Phi) is 5.97. The third-order valence-electron chi connectivity index (χ3n) is 5.04. The lowest BCUT2D eigenvalue weighted by Gasteiger charge is -2.30. The summed E-state index contributed by atoms with van der Waals surface area (Å²) in [5.41, 5.74) is 0.946. The summed E-state index contributed by atoms with van der Waals surface area (Å²) in [6.45, 7) is 0.482. The maximum absolute atomic E-state index is 13.1. The number of hydrogen-bond acceptors (Lipinski definition) is 6. The molecule has 1 aliphatic heterocycles. The molecule has 0 fully saturated rings. The number of ether oxygens (including phenoxy) is 1. The van der Waals surface area contributed by atoms with Gasteiger partial charge in [0.05, 0.1) is 10.0 Å². The summed E-state index contributed by atoms with van der Waals surface area (Å²) in [6.07, 6.45) is 0.363. The fourth-order valence-corrected chi connectivity index (χ4v) is 4.17. The lowest BCUT2D eigenvalue weighted by atomic mass is 9.97. The summed E-state index contributed by atoms with van der Waals surface area (Å²) in [5.74, 6) is 0.966. The van der Waals surface area contributed by atoms with Gasteiger partial charge in [-0.15, -0.1) is 9.81 Å². The Morgan fingerprint density at radius 3 is 2.19 bits per heavy atom. The van der Waals surface area contributed by atoms with E-state index in [1.807, 2.05) is 30.3 Å². The van der Waals surface area contributed by atoms with Crippen LogP contribution in [0, 0.1) is 9.81 Å². The van der Waals surface area contributed by atoms with Crippen molar-refractivity contribution in [3.63, 3.8) is 0 Å². The summed E-state index contributed by atoms with van der Waals surface area (Å²) in [7, 11) is 0. The van der Waals surface area contributed by atoms with Crippen molar-refractivity contribution < 1.29 is 9.53 Å². The molecule has 1 aliphatic rings. The van der Waals surface area contributed by atoms with Crippen molar-refractivity contribution in [3.05, 3.63) is 91.1 Å². The molecule has 0 saturated heterocycles. The topological polar surface area (TPSA) is 88.4 Å². The molecule has 0 unspecified atom stereocenters. The van der Waals surface area contributed by atoms with Gasteiger partial charge in [-0.1, -0.05) is 47.5 Å². The smallest absolute Gasteiger partial charge is 0.254 e. The number of hydrogen-bond donors (Lipinski definition) is 0. The Balaban J connectivity index is 1.61. The molecule has 0 bridgehead atoms. The van der Waals surface area contributed by atoms with Crippen LogP contribution in [0.1, 0.15) is 21.5 Å². The SMILES string of the molecule is O=Nc1c(Cl)c2c(c(Cl)c1N=O)CN(C(=O)c1cccc(Oc3ccccc3)c1)CC2. The van der Waals surface area contributed by atoms with Crippen LogP contribution in [0.15, 0.2) is 65.0 Å². The third kappa shape index (κ3) is 4.02. The molecule has 0 N–H and O–H groups in total. The van der Waals surface area contributed by atoms with Crippen molar-refractivity contribution in [1.82, 2.24) is 4.90 Å². The average Bonchev–Trinajstić information content (AvgIpc) is 2.81. The van der Waals surface area contributed by atoms with Crippen LogP contribution in [-0.2, 0) is 13.0 Å². The van der Waals surface area contributed by atoms with Gasteiger partial charge in [0.1, 0.15) is 11.5 Å². The summed E-state index contributed by atoms with van der Waals surface area (Å²) in [6, 6.07) is 16.1. The lowest BCUT2D eigenvalue weighted by Crippen LogP contribution is -2.36. The van der Waals surface area contributed by atoms with Crippen molar-refractivity contribution in [2.75, 3.05) is 6.54 Å². The van der Waals surface area contributed by atoms with Crippen LogP contribution in [0.3, 0.4) is 0 Å². The molecule has 1 heterocycles. The number of nitrogens with zero attached hydrogens (tertiary/aromatic N) is 3. The van der Waals surface area contributed by atoms with Crippen molar-refractivity contribution in [1.29, 1.82) is 0 Å². The van der Waals surface area contributed by atoms with Gasteiger partial charge in [0.2, 0.25) is 0 Å². The summed E-state index contributed by atoms with van der Waals surface area (Å²) < 4.78 is 5.81. The van der Waals surface area contributed by atoms with E-state index in [1.165, 1.54) is 0 Å². The van der Waals surface area contributed by atoms with Gasteiger partial charge in [0.25, 0.3) is 5.91 Å². The van der Waals surface area contributed by atoms with Crippen molar-refractivity contribution in [3.8, 4) is 11.5 Å². The highest BCUT2D eigenvalue weighted by molar-refractivity contribution is 6.39. The predicted molar refractivity (Wildman–Crippen MR) is 119 cm³/mol. The van der Waals surface area contributed by atoms with E-state index in [0.717, 1.165) is 0 Å². The first-order chi connectivity index (χ1) is 15.0. The van der Waals surface area contributed by atoms with E-state index in [1.54, 1.807) is 29.2 Å². The largest absolute Gasteiger partial charge is 0.457 e. The van der Waals surface area contributed by atoms with Crippen molar-refractivity contribution in [2.45, 2.75) is 13.0 Å². The molecular formula is C22H15Cl2N3O4.